The molecule has 52 valence electrons. The lowest BCUT2D eigenvalue weighted by atomic mass is 10.3. The number of hydrogen-bond acceptors (Lipinski definition) is 3. The van der Waals surface area contributed by atoms with Gasteiger partial charge in [0.15, 0.2) is 11.5 Å². The molecule has 0 atom stereocenters. The van der Waals surface area contributed by atoms with Crippen molar-refractivity contribution in [1.82, 2.24) is 0 Å². The zero-order valence-electron chi connectivity index (χ0n) is 4.91. The second kappa shape index (κ2) is 2.43. The Bertz CT molecular complexity index is 242. The topological polar surface area (TPSA) is 49.7 Å². The number of phenols is 1. The van der Waals surface area contributed by atoms with Crippen molar-refractivity contribution in [1.29, 1.82) is 0 Å². The summed E-state index contributed by atoms with van der Waals surface area (Å²) >= 11 is 0. The van der Waals surface area contributed by atoms with Gasteiger partial charge in [-0.3, -0.25) is 0 Å². The summed E-state index contributed by atoms with van der Waals surface area (Å²) in [7, 11) is 0. The predicted octanol–water partition coefficient (Wildman–Crippen LogP) is 1.93. The highest BCUT2D eigenvalue weighted by Crippen LogP contribution is 2.27. The third kappa shape index (κ3) is 0.953. The van der Waals surface area contributed by atoms with Crippen molar-refractivity contribution in [2.45, 2.75) is 0 Å². The molecule has 0 saturated heterocycles. The fraction of sp³-hybridized carbons (Fsp3) is 0. The number of hydrogen-bond donors (Lipinski definition) is 1. The molecule has 0 aliphatic heterocycles. The molecule has 0 aliphatic carbocycles. The molecule has 0 bridgehead atoms. The smallest absolute Gasteiger partial charge is 0.185 e. The number of rotatable bonds is 1. The van der Waals surface area contributed by atoms with Crippen molar-refractivity contribution in [3.8, 4) is 5.75 Å². The lowest BCUT2D eigenvalue weighted by Crippen LogP contribution is -1.73. The van der Waals surface area contributed by atoms with Crippen molar-refractivity contribution in [3.05, 3.63) is 28.9 Å². The lowest BCUT2D eigenvalue weighted by molar-refractivity contribution is 0.471. The van der Waals surface area contributed by atoms with Gasteiger partial charge in [-0.15, -0.1) is 4.91 Å². The minimum atomic E-state index is -0.810. The average molecular weight is 141 g/mol. The van der Waals surface area contributed by atoms with Gasteiger partial charge in [0.2, 0.25) is 0 Å². The SMILES string of the molecule is O=Nc1c(O)cccc1F. The fourth-order valence-corrected chi connectivity index (χ4v) is 0.594. The Labute approximate surface area is 56.1 Å². The van der Waals surface area contributed by atoms with Crippen LogP contribution in [-0.4, -0.2) is 5.11 Å². The standard InChI is InChI=1S/C6H4FNO2/c7-4-2-1-3-5(9)6(4)8-10/h1-3,9H. The minimum Gasteiger partial charge on any atom is -0.505 e. The van der Waals surface area contributed by atoms with Gasteiger partial charge in [-0.1, -0.05) is 6.07 Å². The highest BCUT2D eigenvalue weighted by molar-refractivity contribution is 5.51. The minimum absolute atomic E-state index is 0.435. The first-order valence-electron chi connectivity index (χ1n) is 2.56. The molecule has 4 heteroatoms. The molecular weight excluding hydrogens is 137 g/mol. The van der Waals surface area contributed by atoms with E-state index in [1.54, 1.807) is 0 Å². The van der Waals surface area contributed by atoms with E-state index >= 15 is 0 Å². The normalized spacial score (nSPS) is 9.30. The van der Waals surface area contributed by atoms with Gasteiger partial charge in [0, 0.05) is 0 Å². The monoisotopic (exact) mass is 141 g/mol. The Balaban J connectivity index is 3.30. The third-order valence-electron chi connectivity index (χ3n) is 1.06. The fourth-order valence-electron chi connectivity index (χ4n) is 0.594. The molecule has 0 aromatic heterocycles. The van der Waals surface area contributed by atoms with Gasteiger partial charge in [0.1, 0.15) is 5.75 Å². The van der Waals surface area contributed by atoms with Gasteiger partial charge in [-0.25, -0.2) is 4.39 Å². The van der Waals surface area contributed by atoms with E-state index in [2.05, 4.69) is 5.18 Å². The summed E-state index contributed by atoms with van der Waals surface area (Å²) in [5, 5.41) is 11.1. The van der Waals surface area contributed by atoms with Crippen molar-refractivity contribution in [2.24, 2.45) is 5.18 Å². The summed E-state index contributed by atoms with van der Waals surface area (Å²) < 4.78 is 12.4. The Hall–Kier alpha value is -1.45. The first-order valence-corrected chi connectivity index (χ1v) is 2.56. The number of benzene rings is 1. The van der Waals surface area contributed by atoms with Gasteiger partial charge in [0.05, 0.1) is 0 Å². The Morgan fingerprint density at radius 3 is 2.60 bits per heavy atom. The zero-order valence-corrected chi connectivity index (χ0v) is 4.91. The molecule has 0 fully saturated rings. The number of aromatic hydroxyl groups is 1. The zero-order chi connectivity index (χ0) is 7.56. The molecule has 1 N–H and O–H groups in total. The number of nitroso groups, excluding NO2 is 1. The molecule has 3 nitrogen and oxygen atoms in total. The predicted molar refractivity (Wildman–Crippen MR) is 33.5 cm³/mol. The summed E-state index contributed by atoms with van der Waals surface area (Å²) in [6.07, 6.45) is 0. The van der Waals surface area contributed by atoms with E-state index in [1.165, 1.54) is 12.1 Å². The molecule has 0 radical (unpaired) electrons. The van der Waals surface area contributed by atoms with Crippen LogP contribution in [0.3, 0.4) is 0 Å². The van der Waals surface area contributed by atoms with Crippen LogP contribution in [0.25, 0.3) is 0 Å². The maximum Gasteiger partial charge on any atom is 0.185 e. The molecule has 1 rings (SSSR count). The first-order chi connectivity index (χ1) is 4.75. The summed E-state index contributed by atoms with van der Waals surface area (Å²) in [5.74, 6) is -1.25. The molecule has 0 saturated carbocycles. The number of halogens is 1. The molecule has 1 aromatic carbocycles. The molecular formula is C6H4FNO2. The van der Waals surface area contributed by atoms with Crippen LogP contribution in [0.2, 0.25) is 0 Å². The Morgan fingerprint density at radius 1 is 1.50 bits per heavy atom. The summed E-state index contributed by atoms with van der Waals surface area (Å²) in [4.78, 5) is 9.80. The highest BCUT2D eigenvalue weighted by Gasteiger charge is 2.05. The summed E-state index contributed by atoms with van der Waals surface area (Å²) in [5.41, 5.74) is -0.539. The van der Waals surface area contributed by atoms with Crippen LogP contribution in [0.4, 0.5) is 10.1 Å². The molecule has 0 unspecified atom stereocenters. The number of nitrogens with zero attached hydrogens (tertiary/aromatic N) is 1. The van der Waals surface area contributed by atoms with Gasteiger partial charge in [-0.05, 0) is 17.3 Å². The van der Waals surface area contributed by atoms with Crippen LogP contribution in [0.5, 0.6) is 5.75 Å². The van der Waals surface area contributed by atoms with Crippen LogP contribution in [0.1, 0.15) is 0 Å². The lowest BCUT2D eigenvalue weighted by Gasteiger charge is -1.93. The second-order valence-electron chi connectivity index (χ2n) is 1.70. The Morgan fingerprint density at radius 2 is 2.20 bits per heavy atom. The van der Waals surface area contributed by atoms with Crippen molar-refractivity contribution in [2.75, 3.05) is 0 Å². The second-order valence-corrected chi connectivity index (χ2v) is 1.70. The quantitative estimate of drug-likeness (QED) is 0.607. The number of phenolic OH excluding ortho intramolecular Hbond substituents is 1. The average Bonchev–Trinajstić information content (AvgIpc) is 1.88. The first kappa shape index (κ1) is 6.67. The largest absolute Gasteiger partial charge is 0.505 e. The van der Waals surface area contributed by atoms with Crippen LogP contribution in [0, 0.1) is 10.7 Å². The molecule has 0 heterocycles. The molecule has 0 spiro atoms. The van der Waals surface area contributed by atoms with Gasteiger partial charge in [-0.2, -0.15) is 0 Å². The van der Waals surface area contributed by atoms with Crippen molar-refractivity contribution < 1.29 is 9.50 Å². The molecule has 0 amide bonds. The summed E-state index contributed by atoms with van der Waals surface area (Å²) in [6, 6.07) is 3.54. The van der Waals surface area contributed by atoms with Crippen LogP contribution >= 0.6 is 0 Å². The summed E-state index contributed by atoms with van der Waals surface area (Å²) in [6.45, 7) is 0. The third-order valence-corrected chi connectivity index (χ3v) is 1.06. The highest BCUT2D eigenvalue weighted by atomic mass is 19.1. The maximum atomic E-state index is 12.4. The Kier molecular flexibility index (Phi) is 1.62. The van der Waals surface area contributed by atoms with Crippen molar-refractivity contribution >= 4 is 5.69 Å². The van der Waals surface area contributed by atoms with E-state index in [1.807, 2.05) is 0 Å². The molecule has 10 heavy (non-hydrogen) atoms. The van der Waals surface area contributed by atoms with E-state index in [0.717, 1.165) is 6.07 Å². The van der Waals surface area contributed by atoms with E-state index in [9.17, 15) is 9.30 Å². The van der Waals surface area contributed by atoms with E-state index in [0.29, 0.717) is 0 Å². The molecule has 0 aliphatic rings. The van der Waals surface area contributed by atoms with Crippen LogP contribution in [-0.2, 0) is 0 Å². The van der Waals surface area contributed by atoms with Gasteiger partial charge in [0.25, 0.3) is 0 Å². The van der Waals surface area contributed by atoms with Crippen LogP contribution in [0.15, 0.2) is 23.4 Å². The van der Waals surface area contributed by atoms with Crippen molar-refractivity contribution in [3.63, 3.8) is 0 Å². The van der Waals surface area contributed by atoms with Gasteiger partial charge < -0.3 is 5.11 Å². The van der Waals surface area contributed by atoms with E-state index in [4.69, 9.17) is 5.11 Å². The maximum absolute atomic E-state index is 12.4. The van der Waals surface area contributed by atoms with Gasteiger partial charge >= 0.3 is 0 Å². The van der Waals surface area contributed by atoms with Crippen LogP contribution < -0.4 is 0 Å². The molecule has 1 aromatic rings. The van der Waals surface area contributed by atoms with E-state index in [-0.39, 0.29) is 0 Å². The van der Waals surface area contributed by atoms with E-state index < -0.39 is 17.3 Å².